The fourth-order valence-electron chi connectivity index (χ4n) is 3.94. The van der Waals surface area contributed by atoms with Crippen molar-refractivity contribution in [2.45, 2.75) is 39.2 Å². The molecule has 2 aromatic carbocycles. The minimum Gasteiger partial charge on any atom is -0.507 e. The van der Waals surface area contributed by atoms with Crippen LogP contribution in [0.5, 0.6) is 0 Å². The lowest BCUT2D eigenvalue weighted by Crippen LogP contribution is -2.29. The smallest absolute Gasteiger partial charge is 0.300 e. The second kappa shape index (κ2) is 7.99. The average Bonchev–Trinajstić information content (AvgIpc) is 3.36. The van der Waals surface area contributed by atoms with E-state index in [-0.39, 0.29) is 28.2 Å². The molecule has 0 aliphatic carbocycles. The van der Waals surface area contributed by atoms with Gasteiger partial charge in [0, 0.05) is 17.3 Å². The van der Waals surface area contributed by atoms with Crippen LogP contribution in [0.1, 0.15) is 49.3 Å². The number of carbonyl (C=O) groups excluding carboxylic acids is 2. The van der Waals surface area contributed by atoms with Gasteiger partial charge in [-0.3, -0.25) is 14.5 Å². The van der Waals surface area contributed by atoms with Gasteiger partial charge in [0.05, 0.1) is 11.8 Å². The lowest BCUT2D eigenvalue weighted by molar-refractivity contribution is -0.132. The van der Waals surface area contributed by atoms with Gasteiger partial charge in [0.15, 0.2) is 11.6 Å². The molecule has 4 rings (SSSR count). The largest absolute Gasteiger partial charge is 0.507 e. The molecule has 33 heavy (non-hydrogen) atoms. The molecule has 1 fully saturated rings. The van der Waals surface area contributed by atoms with E-state index in [1.54, 1.807) is 25.1 Å². The molecular formula is C26H23F2NO4. The zero-order valence-electron chi connectivity index (χ0n) is 18.6. The van der Waals surface area contributed by atoms with Gasteiger partial charge in [0.2, 0.25) is 0 Å². The highest BCUT2D eigenvalue weighted by atomic mass is 19.2. The predicted molar refractivity (Wildman–Crippen MR) is 120 cm³/mol. The molecule has 5 nitrogen and oxygen atoms in total. The summed E-state index contributed by atoms with van der Waals surface area (Å²) < 4.78 is 33.0. The number of hydrogen-bond acceptors (Lipinski definition) is 4. The van der Waals surface area contributed by atoms with E-state index in [9.17, 15) is 23.5 Å². The maximum absolute atomic E-state index is 14.0. The molecule has 1 N–H and O–H groups in total. The number of furan rings is 1. The summed E-state index contributed by atoms with van der Waals surface area (Å²) in [5.41, 5.74) is 1.60. The van der Waals surface area contributed by atoms with Gasteiger partial charge >= 0.3 is 0 Å². The van der Waals surface area contributed by atoms with Gasteiger partial charge in [-0.1, -0.05) is 32.9 Å². The van der Waals surface area contributed by atoms with Crippen LogP contribution in [0.3, 0.4) is 0 Å². The molecule has 1 atom stereocenters. The predicted octanol–water partition coefficient (Wildman–Crippen LogP) is 5.79. The maximum atomic E-state index is 14.0. The van der Waals surface area contributed by atoms with E-state index in [1.807, 2.05) is 32.9 Å². The number of nitrogens with zero attached hydrogens (tertiary/aromatic N) is 1. The van der Waals surface area contributed by atoms with E-state index >= 15 is 0 Å². The molecule has 1 saturated heterocycles. The molecule has 3 aromatic rings. The second-order valence-corrected chi connectivity index (χ2v) is 9.06. The lowest BCUT2D eigenvalue weighted by atomic mass is 9.84. The van der Waals surface area contributed by atoms with Crippen LogP contribution in [0, 0.1) is 18.6 Å². The summed E-state index contributed by atoms with van der Waals surface area (Å²) in [6, 6.07) is 10.4. The molecule has 1 aliphatic rings. The molecule has 170 valence electrons. The molecule has 1 unspecified atom stereocenters. The van der Waals surface area contributed by atoms with Crippen LogP contribution >= 0.6 is 0 Å². The highest BCUT2D eigenvalue weighted by Crippen LogP contribution is 2.43. The van der Waals surface area contributed by atoms with Crippen molar-refractivity contribution in [1.29, 1.82) is 0 Å². The third-order valence-corrected chi connectivity index (χ3v) is 5.80. The molecule has 0 spiro atoms. The lowest BCUT2D eigenvalue weighted by Gasteiger charge is -2.24. The van der Waals surface area contributed by atoms with Crippen LogP contribution in [-0.2, 0) is 15.0 Å². The third-order valence-electron chi connectivity index (χ3n) is 5.80. The van der Waals surface area contributed by atoms with Crippen LogP contribution in [0.15, 0.2) is 64.8 Å². The Morgan fingerprint density at radius 1 is 1.03 bits per heavy atom. The Morgan fingerprint density at radius 3 is 2.36 bits per heavy atom. The molecule has 1 aliphatic heterocycles. The number of hydrogen-bond donors (Lipinski definition) is 1. The number of ketones is 1. The first-order valence-electron chi connectivity index (χ1n) is 10.4. The number of carbonyl (C=O) groups is 2. The van der Waals surface area contributed by atoms with Crippen molar-refractivity contribution in [3.63, 3.8) is 0 Å². The fraction of sp³-hybridized carbons (Fsp3) is 0.231. The highest BCUT2D eigenvalue weighted by molar-refractivity contribution is 6.51. The molecule has 2 heterocycles. The zero-order chi connectivity index (χ0) is 24.1. The van der Waals surface area contributed by atoms with Crippen LogP contribution in [-0.4, -0.2) is 16.8 Å². The Bertz CT molecular complexity index is 1290. The van der Waals surface area contributed by atoms with Crippen molar-refractivity contribution in [2.24, 2.45) is 0 Å². The number of benzene rings is 2. The SMILES string of the molecule is Cc1ccc(C(C)(C)C)cc1/C(O)=C1\C(=O)C(=O)N(c2ccc(F)c(F)c2)C1c1ccco1. The Labute approximate surface area is 190 Å². The first-order valence-corrected chi connectivity index (χ1v) is 10.4. The fourth-order valence-corrected chi connectivity index (χ4v) is 3.94. The van der Waals surface area contributed by atoms with Gasteiger partial charge in [-0.25, -0.2) is 8.78 Å². The van der Waals surface area contributed by atoms with E-state index in [0.717, 1.165) is 22.6 Å². The Balaban J connectivity index is 1.96. The van der Waals surface area contributed by atoms with Gasteiger partial charge in [-0.15, -0.1) is 0 Å². The number of halogens is 2. The van der Waals surface area contributed by atoms with E-state index in [2.05, 4.69) is 0 Å². The van der Waals surface area contributed by atoms with Crippen molar-refractivity contribution in [3.8, 4) is 0 Å². The van der Waals surface area contributed by atoms with Crippen molar-refractivity contribution in [3.05, 3.63) is 94.5 Å². The standard InChI is InChI=1S/C26H23F2NO4/c1-14-7-8-15(26(2,3)4)12-17(14)23(30)21-22(20-6-5-11-33-20)29(25(32)24(21)31)16-9-10-18(27)19(28)13-16/h5-13,22,30H,1-4H3/b23-21+. The van der Waals surface area contributed by atoms with E-state index in [1.165, 1.54) is 12.3 Å². The topological polar surface area (TPSA) is 70.8 Å². The first-order chi connectivity index (χ1) is 15.5. The Morgan fingerprint density at radius 2 is 1.76 bits per heavy atom. The quantitative estimate of drug-likeness (QED) is 0.311. The molecule has 1 aromatic heterocycles. The molecule has 1 amide bonds. The molecule has 0 saturated carbocycles. The summed E-state index contributed by atoms with van der Waals surface area (Å²) in [5, 5.41) is 11.3. The van der Waals surface area contributed by atoms with Gasteiger partial charge in [-0.05, 0) is 53.8 Å². The van der Waals surface area contributed by atoms with Gasteiger partial charge in [0.1, 0.15) is 17.6 Å². The van der Waals surface area contributed by atoms with Crippen LogP contribution in [0.4, 0.5) is 14.5 Å². The minimum atomic E-state index is -1.17. The molecular weight excluding hydrogens is 428 g/mol. The van der Waals surface area contributed by atoms with Crippen molar-refractivity contribution < 1.29 is 27.9 Å². The monoisotopic (exact) mass is 451 g/mol. The first kappa shape index (κ1) is 22.5. The number of rotatable bonds is 3. The minimum absolute atomic E-state index is 0.0309. The Kier molecular flexibility index (Phi) is 5.44. The van der Waals surface area contributed by atoms with Gasteiger partial charge in [-0.2, -0.15) is 0 Å². The number of anilines is 1. The van der Waals surface area contributed by atoms with Gasteiger partial charge in [0.25, 0.3) is 11.7 Å². The third kappa shape index (κ3) is 3.84. The van der Waals surface area contributed by atoms with Crippen molar-refractivity contribution in [2.75, 3.05) is 4.90 Å². The molecule has 0 radical (unpaired) electrons. The van der Waals surface area contributed by atoms with Crippen LogP contribution in [0.2, 0.25) is 0 Å². The summed E-state index contributed by atoms with van der Waals surface area (Å²) in [4.78, 5) is 27.2. The number of amides is 1. The summed E-state index contributed by atoms with van der Waals surface area (Å²) in [7, 11) is 0. The van der Waals surface area contributed by atoms with Crippen molar-refractivity contribution in [1.82, 2.24) is 0 Å². The van der Waals surface area contributed by atoms with E-state index in [0.29, 0.717) is 11.1 Å². The second-order valence-electron chi connectivity index (χ2n) is 9.06. The van der Waals surface area contributed by atoms with Gasteiger partial charge < -0.3 is 9.52 Å². The summed E-state index contributed by atoms with van der Waals surface area (Å²) >= 11 is 0. The van der Waals surface area contributed by atoms with Crippen molar-refractivity contribution >= 4 is 23.1 Å². The summed E-state index contributed by atoms with van der Waals surface area (Å²) in [6.45, 7) is 7.85. The maximum Gasteiger partial charge on any atom is 0.300 e. The normalized spacial score (nSPS) is 18.2. The number of aliphatic hydroxyl groups is 1. The highest BCUT2D eigenvalue weighted by Gasteiger charge is 2.48. The Hall–Kier alpha value is -3.74. The van der Waals surface area contributed by atoms with E-state index in [4.69, 9.17) is 4.42 Å². The van der Waals surface area contributed by atoms with Crippen LogP contribution < -0.4 is 4.90 Å². The van der Waals surface area contributed by atoms with E-state index < -0.39 is 29.4 Å². The summed E-state index contributed by atoms with van der Waals surface area (Å²) in [6.07, 6.45) is 1.37. The molecule has 7 heteroatoms. The number of aliphatic hydroxyl groups excluding tert-OH is 1. The van der Waals surface area contributed by atoms with Crippen LogP contribution in [0.25, 0.3) is 5.76 Å². The number of Topliss-reactive ketones (excluding diaryl/α,β-unsaturated/α-hetero) is 1. The molecule has 0 bridgehead atoms. The zero-order valence-corrected chi connectivity index (χ0v) is 18.6. The average molecular weight is 451 g/mol. The summed E-state index contributed by atoms with van der Waals surface area (Å²) in [5.74, 6) is -4.33. The number of aryl methyl sites for hydroxylation is 1.